The molecule has 2 saturated heterocycles. The molecule has 7 heteroatoms. The maximum Gasteiger partial charge on any atom is 0.237 e. The summed E-state index contributed by atoms with van der Waals surface area (Å²) in [5, 5.41) is 3.03. The molecule has 1 N–H and O–H groups in total. The number of benzene rings is 1. The Morgan fingerprint density at radius 2 is 1.67 bits per heavy atom. The van der Waals surface area contributed by atoms with Crippen LogP contribution in [0, 0.1) is 0 Å². The lowest BCUT2D eigenvalue weighted by molar-refractivity contribution is -0.133. The molecule has 1 atom stereocenters. The normalized spacial score (nSPS) is 19.7. The van der Waals surface area contributed by atoms with Gasteiger partial charge in [-0.1, -0.05) is 31.0 Å². The molecule has 0 radical (unpaired) electrons. The first-order valence-electron chi connectivity index (χ1n) is 11.2. The third-order valence-electron chi connectivity index (χ3n) is 6.30. The van der Waals surface area contributed by atoms with Gasteiger partial charge in [-0.15, -0.1) is 0 Å². The monoisotopic (exact) mass is 416 g/mol. The molecule has 2 fully saturated rings. The van der Waals surface area contributed by atoms with Crippen LogP contribution in [0.1, 0.15) is 38.2 Å². The molecule has 166 valence electrons. The fraction of sp³-hybridized carbons (Fsp3) is 0.652. The summed E-state index contributed by atoms with van der Waals surface area (Å²) >= 11 is 0. The van der Waals surface area contributed by atoms with Gasteiger partial charge in [-0.2, -0.15) is 0 Å². The van der Waals surface area contributed by atoms with E-state index in [0.717, 1.165) is 63.4 Å². The zero-order chi connectivity index (χ0) is 21.3. The van der Waals surface area contributed by atoms with E-state index in [0.29, 0.717) is 13.1 Å². The highest BCUT2D eigenvalue weighted by atomic mass is 16.5. The number of piperazine rings is 1. The summed E-state index contributed by atoms with van der Waals surface area (Å²) in [6.45, 7) is 7.97. The minimum absolute atomic E-state index is 0.0231. The van der Waals surface area contributed by atoms with Gasteiger partial charge in [0.2, 0.25) is 11.8 Å². The van der Waals surface area contributed by atoms with Gasteiger partial charge in [0.15, 0.2) is 0 Å². The third kappa shape index (κ3) is 6.19. The Balaban J connectivity index is 1.41. The van der Waals surface area contributed by atoms with E-state index in [9.17, 15) is 9.59 Å². The van der Waals surface area contributed by atoms with Gasteiger partial charge in [0.1, 0.15) is 5.75 Å². The molecule has 0 spiro atoms. The van der Waals surface area contributed by atoms with Crippen molar-refractivity contribution in [3.63, 3.8) is 0 Å². The van der Waals surface area contributed by atoms with Crippen LogP contribution in [0.3, 0.4) is 0 Å². The number of hydrogen-bond donors (Lipinski definition) is 1. The number of hydrogen-bond acceptors (Lipinski definition) is 5. The topological polar surface area (TPSA) is 65.1 Å². The molecule has 30 heavy (non-hydrogen) atoms. The number of carbonyl (C=O) groups excluding carboxylic acids is 2. The molecule has 0 aromatic heterocycles. The molecule has 0 bridgehead atoms. The van der Waals surface area contributed by atoms with Gasteiger partial charge < -0.3 is 15.0 Å². The van der Waals surface area contributed by atoms with Crippen molar-refractivity contribution >= 4 is 11.8 Å². The fourth-order valence-electron chi connectivity index (χ4n) is 4.27. The predicted molar refractivity (Wildman–Crippen MR) is 117 cm³/mol. The third-order valence-corrected chi connectivity index (χ3v) is 6.30. The number of methoxy groups -OCH3 is 1. The van der Waals surface area contributed by atoms with Crippen LogP contribution in [0.2, 0.25) is 0 Å². The molecule has 2 aliphatic heterocycles. The number of nitrogens with zero attached hydrogens (tertiary/aromatic N) is 3. The van der Waals surface area contributed by atoms with E-state index in [1.165, 1.54) is 12.8 Å². The van der Waals surface area contributed by atoms with E-state index in [4.69, 9.17) is 4.74 Å². The van der Waals surface area contributed by atoms with Crippen molar-refractivity contribution in [2.75, 3.05) is 52.9 Å². The van der Waals surface area contributed by atoms with Gasteiger partial charge >= 0.3 is 0 Å². The van der Waals surface area contributed by atoms with Crippen molar-refractivity contribution in [2.24, 2.45) is 0 Å². The van der Waals surface area contributed by atoms with E-state index in [1.54, 1.807) is 7.11 Å². The summed E-state index contributed by atoms with van der Waals surface area (Å²) in [5.41, 5.74) is 0.970. The second kappa shape index (κ2) is 11.3. The highest BCUT2D eigenvalue weighted by Gasteiger charge is 2.27. The van der Waals surface area contributed by atoms with E-state index in [2.05, 4.69) is 15.1 Å². The van der Waals surface area contributed by atoms with E-state index in [1.807, 2.05) is 36.1 Å². The molecule has 1 aromatic carbocycles. The Kier molecular flexibility index (Phi) is 8.51. The first kappa shape index (κ1) is 22.6. The molecular formula is C23H36N4O3. The van der Waals surface area contributed by atoms with Crippen molar-refractivity contribution < 1.29 is 14.3 Å². The molecule has 0 aliphatic carbocycles. The number of rotatable bonds is 7. The smallest absolute Gasteiger partial charge is 0.237 e. The summed E-state index contributed by atoms with van der Waals surface area (Å²) in [6, 6.07) is 7.54. The first-order chi connectivity index (χ1) is 14.6. The minimum Gasteiger partial charge on any atom is -0.496 e. The SMILES string of the molecule is COc1ccccc1CNC(=O)C(C)N1CCN(CC(=O)N2CCCCCC2)CC1. The van der Waals surface area contributed by atoms with Crippen LogP contribution in [-0.2, 0) is 16.1 Å². The van der Waals surface area contributed by atoms with E-state index >= 15 is 0 Å². The lowest BCUT2D eigenvalue weighted by Gasteiger charge is -2.37. The predicted octanol–water partition coefficient (Wildman–Crippen LogP) is 1.72. The molecule has 2 heterocycles. The van der Waals surface area contributed by atoms with Crippen molar-refractivity contribution in [2.45, 2.75) is 45.2 Å². The number of ether oxygens (including phenoxy) is 1. The fourth-order valence-corrected chi connectivity index (χ4v) is 4.27. The summed E-state index contributed by atoms with van der Waals surface area (Å²) in [5.74, 6) is 1.07. The van der Waals surface area contributed by atoms with Gasteiger partial charge in [0.05, 0.1) is 19.7 Å². The lowest BCUT2D eigenvalue weighted by Crippen LogP contribution is -2.55. The average molecular weight is 417 g/mol. The zero-order valence-electron chi connectivity index (χ0n) is 18.4. The minimum atomic E-state index is -0.192. The molecule has 1 aromatic rings. The molecule has 2 aliphatic rings. The van der Waals surface area contributed by atoms with Gasteiger partial charge in [0, 0.05) is 51.4 Å². The van der Waals surface area contributed by atoms with Gasteiger partial charge in [0.25, 0.3) is 0 Å². The van der Waals surface area contributed by atoms with Crippen LogP contribution in [-0.4, -0.2) is 85.5 Å². The summed E-state index contributed by atoms with van der Waals surface area (Å²) in [7, 11) is 1.64. The van der Waals surface area contributed by atoms with Crippen LogP contribution in [0.5, 0.6) is 5.75 Å². The van der Waals surface area contributed by atoms with Crippen LogP contribution in [0.4, 0.5) is 0 Å². The number of amides is 2. The summed E-state index contributed by atoms with van der Waals surface area (Å²) < 4.78 is 5.35. The Labute approximate surface area is 180 Å². The first-order valence-corrected chi connectivity index (χ1v) is 11.2. The van der Waals surface area contributed by atoms with Crippen LogP contribution in [0.25, 0.3) is 0 Å². The van der Waals surface area contributed by atoms with Crippen LogP contribution >= 0.6 is 0 Å². The number of carbonyl (C=O) groups is 2. The molecular weight excluding hydrogens is 380 g/mol. The van der Waals surface area contributed by atoms with Crippen molar-refractivity contribution in [3.8, 4) is 5.75 Å². The maximum absolute atomic E-state index is 12.6. The zero-order valence-corrected chi connectivity index (χ0v) is 18.4. The number of para-hydroxylation sites is 1. The van der Waals surface area contributed by atoms with Crippen molar-refractivity contribution in [1.29, 1.82) is 0 Å². The highest BCUT2D eigenvalue weighted by molar-refractivity contribution is 5.81. The summed E-state index contributed by atoms with van der Waals surface area (Å²) in [6.07, 6.45) is 4.72. The molecule has 2 amide bonds. The van der Waals surface area contributed by atoms with Gasteiger partial charge in [-0.3, -0.25) is 19.4 Å². The van der Waals surface area contributed by atoms with Crippen molar-refractivity contribution in [1.82, 2.24) is 20.0 Å². The Bertz CT molecular complexity index is 695. The van der Waals surface area contributed by atoms with Crippen molar-refractivity contribution in [3.05, 3.63) is 29.8 Å². The summed E-state index contributed by atoms with van der Waals surface area (Å²) in [4.78, 5) is 31.7. The number of likely N-dealkylation sites (tertiary alicyclic amines) is 1. The second-order valence-corrected chi connectivity index (χ2v) is 8.31. The highest BCUT2D eigenvalue weighted by Crippen LogP contribution is 2.17. The Hall–Kier alpha value is -2.12. The maximum atomic E-state index is 12.6. The molecule has 3 rings (SSSR count). The van der Waals surface area contributed by atoms with E-state index < -0.39 is 0 Å². The lowest BCUT2D eigenvalue weighted by atomic mass is 10.1. The molecule has 7 nitrogen and oxygen atoms in total. The van der Waals surface area contributed by atoms with Gasteiger partial charge in [-0.25, -0.2) is 0 Å². The van der Waals surface area contributed by atoms with E-state index in [-0.39, 0.29) is 17.9 Å². The largest absolute Gasteiger partial charge is 0.496 e. The molecule has 0 saturated carbocycles. The van der Waals surface area contributed by atoms with Crippen LogP contribution < -0.4 is 10.1 Å². The number of nitrogens with one attached hydrogen (secondary N) is 1. The standard InChI is InChI=1S/C23H36N4O3/c1-19(23(29)24-17-20-9-5-6-10-21(20)30-2)26-15-13-25(14-16-26)18-22(28)27-11-7-3-4-8-12-27/h5-6,9-10,19H,3-4,7-8,11-18H2,1-2H3,(H,24,29). The Morgan fingerprint density at radius 3 is 2.33 bits per heavy atom. The average Bonchev–Trinajstić information content (AvgIpc) is 3.07. The molecule has 1 unspecified atom stereocenters. The quantitative estimate of drug-likeness (QED) is 0.733. The van der Waals surface area contributed by atoms with Crippen LogP contribution in [0.15, 0.2) is 24.3 Å². The Morgan fingerprint density at radius 1 is 1.00 bits per heavy atom. The second-order valence-electron chi connectivity index (χ2n) is 8.31. The van der Waals surface area contributed by atoms with Gasteiger partial charge in [-0.05, 0) is 25.8 Å².